The standard InChI is InChI=1S/C10H12FNO2/c1-14-10-6-7(11)2-3-8(10)9(13)4-5-12/h2-3,6H,4-5,12H2,1H3. The van der Waals surface area contributed by atoms with E-state index in [1.807, 2.05) is 0 Å². The number of hydrogen-bond donors (Lipinski definition) is 1. The van der Waals surface area contributed by atoms with Crippen molar-refractivity contribution in [2.75, 3.05) is 13.7 Å². The van der Waals surface area contributed by atoms with Crippen LogP contribution in [0.1, 0.15) is 16.8 Å². The summed E-state index contributed by atoms with van der Waals surface area (Å²) >= 11 is 0. The fourth-order valence-corrected chi connectivity index (χ4v) is 1.16. The van der Waals surface area contributed by atoms with Crippen molar-refractivity contribution in [1.82, 2.24) is 0 Å². The third-order valence-corrected chi connectivity index (χ3v) is 1.84. The molecular weight excluding hydrogens is 185 g/mol. The highest BCUT2D eigenvalue weighted by Crippen LogP contribution is 2.20. The molecule has 1 aromatic carbocycles. The fraction of sp³-hybridized carbons (Fsp3) is 0.300. The topological polar surface area (TPSA) is 52.3 Å². The van der Waals surface area contributed by atoms with Gasteiger partial charge >= 0.3 is 0 Å². The summed E-state index contributed by atoms with van der Waals surface area (Å²) in [7, 11) is 1.40. The van der Waals surface area contributed by atoms with Gasteiger partial charge in [0.2, 0.25) is 0 Å². The van der Waals surface area contributed by atoms with E-state index < -0.39 is 5.82 Å². The Bertz CT molecular complexity index is 339. The molecule has 76 valence electrons. The summed E-state index contributed by atoms with van der Waals surface area (Å²) in [6.07, 6.45) is 0.238. The molecule has 1 aromatic rings. The van der Waals surface area contributed by atoms with Crippen molar-refractivity contribution < 1.29 is 13.9 Å². The van der Waals surface area contributed by atoms with Crippen LogP contribution in [-0.4, -0.2) is 19.4 Å². The molecule has 0 amide bonds. The molecule has 0 bridgehead atoms. The molecule has 0 spiro atoms. The van der Waals surface area contributed by atoms with E-state index in [1.165, 1.54) is 25.3 Å². The summed E-state index contributed by atoms with van der Waals surface area (Å²) in [6.45, 7) is 0.277. The lowest BCUT2D eigenvalue weighted by atomic mass is 10.1. The predicted molar refractivity (Wildman–Crippen MR) is 51.0 cm³/mol. The van der Waals surface area contributed by atoms with Gasteiger partial charge in [-0.3, -0.25) is 4.79 Å². The van der Waals surface area contributed by atoms with Crippen LogP contribution in [0.4, 0.5) is 4.39 Å². The highest BCUT2D eigenvalue weighted by Gasteiger charge is 2.11. The van der Waals surface area contributed by atoms with Crippen LogP contribution in [0.25, 0.3) is 0 Å². The first kappa shape index (κ1) is 10.7. The molecule has 2 N–H and O–H groups in total. The largest absolute Gasteiger partial charge is 0.496 e. The molecule has 0 aliphatic rings. The Balaban J connectivity index is 3.01. The van der Waals surface area contributed by atoms with Crippen molar-refractivity contribution in [3.8, 4) is 5.75 Å². The number of benzene rings is 1. The van der Waals surface area contributed by atoms with E-state index in [9.17, 15) is 9.18 Å². The lowest BCUT2D eigenvalue weighted by molar-refractivity contribution is 0.0982. The van der Waals surface area contributed by atoms with Crippen LogP contribution >= 0.6 is 0 Å². The SMILES string of the molecule is COc1cc(F)ccc1C(=O)CCN. The quantitative estimate of drug-likeness (QED) is 0.741. The average Bonchev–Trinajstić information content (AvgIpc) is 2.17. The number of rotatable bonds is 4. The first-order valence-corrected chi connectivity index (χ1v) is 4.26. The number of ketones is 1. The van der Waals surface area contributed by atoms with Crippen molar-refractivity contribution in [1.29, 1.82) is 0 Å². The van der Waals surface area contributed by atoms with Gasteiger partial charge in [-0.1, -0.05) is 0 Å². The third-order valence-electron chi connectivity index (χ3n) is 1.84. The molecule has 4 heteroatoms. The van der Waals surface area contributed by atoms with E-state index in [2.05, 4.69) is 0 Å². The molecule has 0 saturated heterocycles. The minimum atomic E-state index is -0.425. The minimum Gasteiger partial charge on any atom is -0.496 e. The Labute approximate surface area is 81.7 Å². The number of carbonyl (C=O) groups excluding carboxylic acids is 1. The maximum atomic E-state index is 12.8. The van der Waals surface area contributed by atoms with Crippen LogP contribution < -0.4 is 10.5 Å². The zero-order chi connectivity index (χ0) is 10.6. The highest BCUT2D eigenvalue weighted by atomic mass is 19.1. The number of hydrogen-bond acceptors (Lipinski definition) is 3. The highest BCUT2D eigenvalue weighted by molar-refractivity contribution is 5.98. The van der Waals surface area contributed by atoms with Gasteiger partial charge in [-0.05, 0) is 18.7 Å². The maximum absolute atomic E-state index is 12.8. The van der Waals surface area contributed by atoms with Gasteiger partial charge in [0.05, 0.1) is 12.7 Å². The molecule has 0 unspecified atom stereocenters. The maximum Gasteiger partial charge on any atom is 0.167 e. The van der Waals surface area contributed by atoms with Crippen LogP contribution in [0.3, 0.4) is 0 Å². The van der Waals surface area contributed by atoms with Gasteiger partial charge in [0.25, 0.3) is 0 Å². The second kappa shape index (κ2) is 4.72. The van der Waals surface area contributed by atoms with Crippen molar-refractivity contribution in [3.05, 3.63) is 29.6 Å². The van der Waals surface area contributed by atoms with E-state index in [0.717, 1.165) is 0 Å². The lowest BCUT2D eigenvalue weighted by Gasteiger charge is -2.06. The van der Waals surface area contributed by atoms with E-state index in [0.29, 0.717) is 5.56 Å². The molecule has 14 heavy (non-hydrogen) atoms. The van der Waals surface area contributed by atoms with Crippen LogP contribution in [0.2, 0.25) is 0 Å². The normalized spacial score (nSPS) is 9.93. The monoisotopic (exact) mass is 197 g/mol. The number of halogens is 1. The van der Waals surface area contributed by atoms with Gasteiger partial charge in [-0.25, -0.2) is 4.39 Å². The zero-order valence-electron chi connectivity index (χ0n) is 7.92. The molecular formula is C10H12FNO2. The number of methoxy groups -OCH3 is 1. The molecule has 0 saturated carbocycles. The van der Waals surface area contributed by atoms with Crippen molar-refractivity contribution in [2.24, 2.45) is 5.73 Å². The van der Waals surface area contributed by atoms with E-state index in [1.54, 1.807) is 0 Å². The molecule has 1 rings (SSSR count). The summed E-state index contributed by atoms with van der Waals surface area (Å²) in [6, 6.07) is 3.82. The lowest BCUT2D eigenvalue weighted by Crippen LogP contribution is -2.09. The van der Waals surface area contributed by atoms with Gasteiger partial charge < -0.3 is 10.5 Å². The van der Waals surface area contributed by atoms with E-state index in [4.69, 9.17) is 10.5 Å². The zero-order valence-corrected chi connectivity index (χ0v) is 7.92. The van der Waals surface area contributed by atoms with Gasteiger partial charge in [-0.15, -0.1) is 0 Å². The molecule has 0 fully saturated rings. The van der Waals surface area contributed by atoms with Gasteiger partial charge in [0, 0.05) is 12.5 Å². The van der Waals surface area contributed by atoms with E-state index in [-0.39, 0.29) is 24.5 Å². The summed E-state index contributed by atoms with van der Waals surface area (Å²) in [5, 5.41) is 0. The minimum absolute atomic E-state index is 0.135. The first-order valence-electron chi connectivity index (χ1n) is 4.26. The van der Waals surface area contributed by atoms with Crippen LogP contribution in [-0.2, 0) is 0 Å². The molecule has 0 aliphatic carbocycles. The number of ether oxygens (including phenoxy) is 1. The second-order valence-corrected chi connectivity index (χ2v) is 2.81. The fourth-order valence-electron chi connectivity index (χ4n) is 1.16. The molecule has 3 nitrogen and oxygen atoms in total. The molecule has 0 aliphatic heterocycles. The van der Waals surface area contributed by atoms with Crippen molar-refractivity contribution >= 4 is 5.78 Å². The Morgan fingerprint density at radius 2 is 2.29 bits per heavy atom. The molecule has 0 heterocycles. The van der Waals surface area contributed by atoms with Crippen molar-refractivity contribution in [3.63, 3.8) is 0 Å². The number of Topliss-reactive ketones (excluding diaryl/α,β-unsaturated/α-hetero) is 1. The van der Waals surface area contributed by atoms with Gasteiger partial charge in [0.1, 0.15) is 11.6 Å². The third kappa shape index (κ3) is 2.29. The van der Waals surface area contributed by atoms with Crippen LogP contribution in [0.5, 0.6) is 5.75 Å². The summed E-state index contributed by atoms with van der Waals surface area (Å²) in [4.78, 5) is 11.5. The predicted octanol–water partition coefficient (Wildman–Crippen LogP) is 1.37. The Kier molecular flexibility index (Phi) is 3.59. The van der Waals surface area contributed by atoms with Crippen LogP contribution in [0, 0.1) is 5.82 Å². The number of nitrogens with two attached hydrogens (primary N) is 1. The Hall–Kier alpha value is -1.42. The Morgan fingerprint density at radius 1 is 1.57 bits per heavy atom. The van der Waals surface area contributed by atoms with E-state index >= 15 is 0 Å². The second-order valence-electron chi connectivity index (χ2n) is 2.81. The van der Waals surface area contributed by atoms with Crippen LogP contribution in [0.15, 0.2) is 18.2 Å². The molecule has 0 atom stereocenters. The average molecular weight is 197 g/mol. The van der Waals surface area contributed by atoms with Gasteiger partial charge in [0.15, 0.2) is 5.78 Å². The summed E-state index contributed by atoms with van der Waals surface area (Å²) in [5.74, 6) is -0.307. The van der Waals surface area contributed by atoms with Crippen molar-refractivity contribution in [2.45, 2.75) is 6.42 Å². The molecule has 0 radical (unpaired) electrons. The summed E-state index contributed by atoms with van der Waals surface area (Å²) < 4.78 is 17.7. The molecule has 0 aromatic heterocycles. The number of carbonyl (C=O) groups is 1. The smallest absolute Gasteiger partial charge is 0.167 e. The first-order chi connectivity index (χ1) is 6.69. The summed E-state index contributed by atoms with van der Waals surface area (Å²) in [5.41, 5.74) is 5.63. The van der Waals surface area contributed by atoms with Gasteiger partial charge in [-0.2, -0.15) is 0 Å². The Morgan fingerprint density at radius 3 is 2.86 bits per heavy atom.